The van der Waals surface area contributed by atoms with Crippen molar-refractivity contribution in [3.8, 4) is 11.8 Å². The molecule has 4 nitrogen and oxygen atoms in total. The lowest BCUT2D eigenvalue weighted by Crippen LogP contribution is -2.31. The van der Waals surface area contributed by atoms with E-state index in [0.29, 0.717) is 24.3 Å². The van der Waals surface area contributed by atoms with Gasteiger partial charge in [0, 0.05) is 18.5 Å². The Morgan fingerprint density at radius 2 is 2.47 bits per heavy atom. The number of carboxylic acid groups (broad SMARTS) is 1. The van der Waals surface area contributed by atoms with Gasteiger partial charge in [-0.05, 0) is 12.5 Å². The fraction of sp³-hybridized carbons (Fsp3) is 0.385. The number of nitrogens with zero attached hydrogens (tertiary/aromatic N) is 1. The van der Waals surface area contributed by atoms with Gasteiger partial charge < -0.3 is 9.84 Å². The van der Waals surface area contributed by atoms with E-state index in [1.807, 2.05) is 12.2 Å². The third-order valence-corrected chi connectivity index (χ3v) is 2.85. The molecule has 2 rings (SSSR count). The molecule has 0 aromatic rings. The molecule has 0 spiro atoms. The van der Waals surface area contributed by atoms with E-state index in [0.717, 1.165) is 0 Å². The van der Waals surface area contributed by atoms with Crippen molar-refractivity contribution >= 4 is 11.7 Å². The Hall–Kier alpha value is -2.02. The molecule has 88 valence electrons. The maximum absolute atomic E-state index is 11.2. The second-order valence-electron chi connectivity index (χ2n) is 3.85. The van der Waals surface area contributed by atoms with E-state index < -0.39 is 11.9 Å². The average molecular weight is 231 g/mol. The Morgan fingerprint density at radius 3 is 3.18 bits per heavy atom. The maximum Gasteiger partial charge on any atom is 0.319 e. The molecule has 0 saturated heterocycles. The standard InChI is InChI=1S/C13H13NO3/c1-17-11-7-3-2-5-10(13(15)16)9-6-4-8-14-12(9)11/h4,7-10H,3,6H2,1H3,(H,15,16)/b11-7+. The minimum Gasteiger partial charge on any atom is -0.495 e. The first kappa shape index (κ1) is 11.5. The zero-order chi connectivity index (χ0) is 12.3. The molecular formula is C13H13NO3. The van der Waals surface area contributed by atoms with Gasteiger partial charge in [-0.3, -0.25) is 9.79 Å². The summed E-state index contributed by atoms with van der Waals surface area (Å²) in [4.78, 5) is 15.5. The second kappa shape index (κ2) is 4.88. The summed E-state index contributed by atoms with van der Waals surface area (Å²) in [5, 5.41) is 9.21. The van der Waals surface area contributed by atoms with Crippen LogP contribution in [0.4, 0.5) is 0 Å². The van der Waals surface area contributed by atoms with Crippen LogP contribution >= 0.6 is 0 Å². The summed E-state index contributed by atoms with van der Waals surface area (Å²) < 4.78 is 5.26. The monoisotopic (exact) mass is 231 g/mol. The minimum absolute atomic E-state index is 0.225. The lowest BCUT2D eigenvalue weighted by Gasteiger charge is -2.24. The summed E-state index contributed by atoms with van der Waals surface area (Å²) >= 11 is 0. The molecule has 0 fully saturated rings. The summed E-state index contributed by atoms with van der Waals surface area (Å²) in [6.07, 6.45) is 6.51. The first-order valence-electron chi connectivity index (χ1n) is 5.42. The first-order chi connectivity index (χ1) is 8.24. The summed E-state index contributed by atoms with van der Waals surface area (Å²) in [5.41, 5.74) is 0.691. The van der Waals surface area contributed by atoms with E-state index in [1.54, 1.807) is 13.3 Å². The van der Waals surface area contributed by atoms with Crippen LogP contribution in [0.25, 0.3) is 0 Å². The normalized spacial score (nSPS) is 29.5. The van der Waals surface area contributed by atoms with Crippen LogP contribution in [-0.2, 0) is 9.53 Å². The van der Waals surface area contributed by atoms with Crippen molar-refractivity contribution in [3.63, 3.8) is 0 Å². The smallest absolute Gasteiger partial charge is 0.319 e. The molecule has 2 unspecified atom stereocenters. The van der Waals surface area contributed by atoms with Crippen LogP contribution in [0.3, 0.4) is 0 Å². The van der Waals surface area contributed by atoms with Gasteiger partial charge in [0.2, 0.25) is 0 Å². The maximum atomic E-state index is 11.2. The average Bonchev–Trinajstić information content (AvgIpc) is 2.30. The number of methoxy groups -OCH3 is 1. The van der Waals surface area contributed by atoms with Gasteiger partial charge in [0.15, 0.2) is 0 Å². The molecule has 4 heteroatoms. The Bertz CT molecular complexity index is 477. The Morgan fingerprint density at radius 1 is 1.65 bits per heavy atom. The van der Waals surface area contributed by atoms with Gasteiger partial charge in [0.05, 0.1) is 12.8 Å². The molecule has 0 amide bonds. The first-order valence-corrected chi connectivity index (χ1v) is 5.42. The van der Waals surface area contributed by atoms with Crippen LogP contribution in [0.5, 0.6) is 0 Å². The van der Waals surface area contributed by atoms with Crippen molar-refractivity contribution in [3.05, 3.63) is 24.1 Å². The molecule has 0 radical (unpaired) electrons. The number of aliphatic carboxylic acids is 1. The summed E-state index contributed by atoms with van der Waals surface area (Å²) in [5.74, 6) is 4.45. The highest BCUT2D eigenvalue weighted by molar-refractivity contribution is 6.03. The van der Waals surface area contributed by atoms with Crippen molar-refractivity contribution in [2.75, 3.05) is 7.11 Å². The van der Waals surface area contributed by atoms with Crippen LogP contribution in [0.15, 0.2) is 29.1 Å². The van der Waals surface area contributed by atoms with Gasteiger partial charge in [-0.1, -0.05) is 17.9 Å². The lowest BCUT2D eigenvalue weighted by molar-refractivity contribution is -0.140. The number of ether oxygens (including phenoxy) is 1. The molecule has 2 aliphatic rings. The predicted octanol–water partition coefficient (Wildman–Crippen LogP) is 1.60. The molecule has 0 bridgehead atoms. The number of allylic oxidation sites excluding steroid dienone is 3. The van der Waals surface area contributed by atoms with Crippen molar-refractivity contribution < 1.29 is 14.6 Å². The fourth-order valence-electron chi connectivity index (χ4n) is 2.03. The highest BCUT2D eigenvalue weighted by atomic mass is 16.5. The van der Waals surface area contributed by atoms with E-state index in [-0.39, 0.29) is 5.92 Å². The third-order valence-electron chi connectivity index (χ3n) is 2.85. The Kier molecular flexibility index (Phi) is 3.29. The molecule has 1 heterocycles. The number of fused-ring (bicyclic) bond motifs is 1. The number of hydrogen-bond donors (Lipinski definition) is 1. The van der Waals surface area contributed by atoms with Crippen LogP contribution in [0.2, 0.25) is 0 Å². The fourth-order valence-corrected chi connectivity index (χ4v) is 2.03. The zero-order valence-electron chi connectivity index (χ0n) is 9.51. The van der Waals surface area contributed by atoms with Crippen molar-refractivity contribution in [1.82, 2.24) is 0 Å². The van der Waals surface area contributed by atoms with E-state index in [4.69, 9.17) is 4.74 Å². The molecule has 0 saturated carbocycles. The van der Waals surface area contributed by atoms with E-state index >= 15 is 0 Å². The predicted molar refractivity (Wildman–Crippen MR) is 63.3 cm³/mol. The van der Waals surface area contributed by atoms with Crippen molar-refractivity contribution in [2.45, 2.75) is 12.8 Å². The van der Waals surface area contributed by atoms with Crippen LogP contribution in [-0.4, -0.2) is 23.9 Å². The van der Waals surface area contributed by atoms with Gasteiger partial charge in [0.1, 0.15) is 11.7 Å². The van der Waals surface area contributed by atoms with Crippen LogP contribution in [0, 0.1) is 23.7 Å². The SMILES string of the molecule is CO/C1=C/CC#CC(C(=O)O)C2CC=CN=C12. The Balaban J connectivity index is 2.43. The van der Waals surface area contributed by atoms with Crippen LogP contribution < -0.4 is 0 Å². The largest absolute Gasteiger partial charge is 0.495 e. The third kappa shape index (κ3) is 2.23. The molecule has 1 N–H and O–H groups in total. The highest BCUT2D eigenvalue weighted by Crippen LogP contribution is 2.27. The minimum atomic E-state index is -0.900. The summed E-state index contributed by atoms with van der Waals surface area (Å²) in [6, 6.07) is 0. The topological polar surface area (TPSA) is 58.9 Å². The number of hydrogen-bond acceptors (Lipinski definition) is 3. The Labute approximate surface area is 99.7 Å². The van der Waals surface area contributed by atoms with Gasteiger partial charge in [-0.15, -0.1) is 0 Å². The molecule has 1 aliphatic heterocycles. The zero-order valence-corrected chi connectivity index (χ0v) is 9.51. The number of carbonyl (C=O) groups is 1. The van der Waals surface area contributed by atoms with Gasteiger partial charge in [0.25, 0.3) is 0 Å². The van der Waals surface area contributed by atoms with Gasteiger partial charge in [-0.25, -0.2) is 0 Å². The molecule has 0 aromatic carbocycles. The van der Waals surface area contributed by atoms with Crippen molar-refractivity contribution in [1.29, 1.82) is 0 Å². The highest BCUT2D eigenvalue weighted by Gasteiger charge is 2.33. The molecular weight excluding hydrogens is 218 g/mol. The summed E-state index contributed by atoms with van der Waals surface area (Å²) in [7, 11) is 1.56. The molecule has 0 aromatic heterocycles. The molecule has 17 heavy (non-hydrogen) atoms. The van der Waals surface area contributed by atoms with E-state index in [9.17, 15) is 9.90 Å². The molecule has 2 atom stereocenters. The van der Waals surface area contributed by atoms with Gasteiger partial charge >= 0.3 is 5.97 Å². The quantitative estimate of drug-likeness (QED) is 0.734. The summed E-state index contributed by atoms with van der Waals surface area (Å²) in [6.45, 7) is 0. The van der Waals surface area contributed by atoms with Crippen LogP contribution in [0.1, 0.15) is 12.8 Å². The number of rotatable bonds is 2. The van der Waals surface area contributed by atoms with Gasteiger partial charge in [-0.2, -0.15) is 0 Å². The van der Waals surface area contributed by atoms with E-state index in [1.165, 1.54) is 0 Å². The van der Waals surface area contributed by atoms with E-state index in [2.05, 4.69) is 16.8 Å². The lowest BCUT2D eigenvalue weighted by atomic mass is 9.82. The second-order valence-corrected chi connectivity index (χ2v) is 3.85. The number of aliphatic imine (C=N–C) groups is 1. The van der Waals surface area contributed by atoms with Crippen molar-refractivity contribution in [2.24, 2.45) is 16.8 Å². The number of carboxylic acids is 1. The molecule has 1 aliphatic carbocycles.